The fourth-order valence-electron chi connectivity index (χ4n) is 5.48. The molecule has 0 saturated carbocycles. The van der Waals surface area contributed by atoms with Crippen LogP contribution >= 0.6 is 11.3 Å². The number of hydrogen-bond acceptors (Lipinski definition) is 7. The SMILES string of the molecule is Cc1nc2ccccc2n1-c1nc(N2CCOCC2)c2sc(CN3CCCc4ccccc43)cc2n1. The van der Waals surface area contributed by atoms with Crippen LogP contribution in [0.2, 0.25) is 0 Å². The van der Waals surface area contributed by atoms with Gasteiger partial charge in [-0.25, -0.2) is 9.97 Å². The largest absolute Gasteiger partial charge is 0.378 e. The van der Waals surface area contributed by atoms with Gasteiger partial charge in [-0.1, -0.05) is 30.3 Å². The first-order valence-corrected chi connectivity index (χ1v) is 13.5. The summed E-state index contributed by atoms with van der Waals surface area (Å²) in [5.74, 6) is 2.58. The summed E-state index contributed by atoms with van der Waals surface area (Å²) < 4.78 is 8.88. The van der Waals surface area contributed by atoms with Crippen LogP contribution in [-0.2, 0) is 17.7 Å². The zero-order chi connectivity index (χ0) is 24.1. The van der Waals surface area contributed by atoms with E-state index in [9.17, 15) is 0 Å². The zero-order valence-electron chi connectivity index (χ0n) is 20.4. The Morgan fingerprint density at radius 3 is 2.67 bits per heavy atom. The summed E-state index contributed by atoms with van der Waals surface area (Å²) in [7, 11) is 0. The van der Waals surface area contributed by atoms with E-state index in [-0.39, 0.29) is 0 Å². The molecule has 8 heteroatoms. The summed E-state index contributed by atoms with van der Waals surface area (Å²) in [5.41, 5.74) is 5.80. The fourth-order valence-corrected chi connectivity index (χ4v) is 6.61. The lowest BCUT2D eigenvalue weighted by molar-refractivity contribution is 0.122. The van der Waals surface area contributed by atoms with Crippen molar-refractivity contribution < 1.29 is 4.74 Å². The quantitative estimate of drug-likeness (QED) is 0.344. The summed E-state index contributed by atoms with van der Waals surface area (Å²) in [4.78, 5) is 21.2. The minimum absolute atomic E-state index is 0.683. The highest BCUT2D eigenvalue weighted by Gasteiger charge is 2.23. The van der Waals surface area contributed by atoms with Crippen LogP contribution in [0.4, 0.5) is 11.5 Å². The molecule has 0 spiro atoms. The number of aromatic nitrogens is 4. The molecule has 0 aliphatic carbocycles. The fraction of sp³-hybridized carbons (Fsp3) is 0.321. The maximum absolute atomic E-state index is 5.65. The van der Waals surface area contributed by atoms with Crippen LogP contribution in [0.15, 0.2) is 54.6 Å². The molecule has 0 unspecified atom stereocenters. The van der Waals surface area contributed by atoms with Gasteiger partial charge in [-0.2, -0.15) is 4.98 Å². The minimum atomic E-state index is 0.683. The number of morpholine rings is 1. The van der Waals surface area contributed by atoms with Gasteiger partial charge in [0.05, 0.1) is 41.0 Å². The van der Waals surface area contributed by atoms with E-state index in [0.717, 1.165) is 78.7 Å². The molecule has 1 saturated heterocycles. The highest BCUT2D eigenvalue weighted by Crippen LogP contribution is 2.36. The second kappa shape index (κ2) is 8.87. The molecule has 5 aromatic rings. The van der Waals surface area contributed by atoms with E-state index in [1.54, 1.807) is 0 Å². The molecule has 0 radical (unpaired) electrons. The van der Waals surface area contributed by atoms with Gasteiger partial charge in [0, 0.05) is 30.2 Å². The topological polar surface area (TPSA) is 59.3 Å². The third-order valence-electron chi connectivity index (χ3n) is 7.19. The molecule has 7 rings (SSSR count). The van der Waals surface area contributed by atoms with Crippen molar-refractivity contribution in [3.63, 3.8) is 0 Å². The van der Waals surface area contributed by atoms with Gasteiger partial charge in [-0.3, -0.25) is 4.57 Å². The van der Waals surface area contributed by atoms with Crippen molar-refractivity contribution in [2.24, 2.45) is 0 Å². The van der Waals surface area contributed by atoms with Crippen molar-refractivity contribution >= 4 is 44.1 Å². The average Bonchev–Trinajstić information content (AvgIpc) is 3.48. The molecule has 0 atom stereocenters. The molecule has 1 fully saturated rings. The van der Waals surface area contributed by atoms with E-state index < -0.39 is 0 Å². The maximum Gasteiger partial charge on any atom is 0.238 e. The van der Waals surface area contributed by atoms with Crippen LogP contribution < -0.4 is 9.80 Å². The van der Waals surface area contributed by atoms with Gasteiger partial charge in [0.25, 0.3) is 0 Å². The molecule has 0 N–H and O–H groups in total. The lowest BCUT2D eigenvalue weighted by atomic mass is 10.0. The molecule has 3 aromatic heterocycles. The third kappa shape index (κ3) is 3.72. The Labute approximate surface area is 214 Å². The van der Waals surface area contributed by atoms with Crippen LogP contribution in [-0.4, -0.2) is 52.4 Å². The number of fused-ring (bicyclic) bond motifs is 3. The first-order chi connectivity index (χ1) is 17.7. The summed E-state index contributed by atoms with van der Waals surface area (Å²) in [6.45, 7) is 7.10. The van der Waals surface area contributed by atoms with Crippen molar-refractivity contribution in [1.82, 2.24) is 19.5 Å². The number of hydrogen-bond donors (Lipinski definition) is 0. The lowest BCUT2D eigenvalue weighted by Gasteiger charge is -2.30. The Hall–Kier alpha value is -3.49. The van der Waals surface area contributed by atoms with E-state index in [2.05, 4.69) is 50.8 Å². The molecule has 0 amide bonds. The summed E-state index contributed by atoms with van der Waals surface area (Å²) in [6, 6.07) is 19.3. The Morgan fingerprint density at radius 1 is 0.917 bits per heavy atom. The number of imidazole rings is 1. The molecular weight excluding hydrogens is 468 g/mol. The average molecular weight is 497 g/mol. The van der Waals surface area contributed by atoms with Gasteiger partial charge in [-0.15, -0.1) is 11.3 Å². The van der Waals surface area contributed by atoms with Gasteiger partial charge in [-0.05, 0) is 49.6 Å². The minimum Gasteiger partial charge on any atom is -0.378 e. The molecule has 2 aliphatic heterocycles. The normalized spacial score (nSPS) is 16.1. The van der Waals surface area contributed by atoms with Crippen molar-refractivity contribution in [3.8, 4) is 5.95 Å². The van der Waals surface area contributed by atoms with Crippen molar-refractivity contribution in [2.45, 2.75) is 26.3 Å². The highest BCUT2D eigenvalue weighted by molar-refractivity contribution is 7.19. The number of benzene rings is 2. The van der Waals surface area contributed by atoms with Gasteiger partial charge in [0.2, 0.25) is 5.95 Å². The first-order valence-electron chi connectivity index (χ1n) is 12.6. The van der Waals surface area contributed by atoms with Crippen molar-refractivity contribution in [1.29, 1.82) is 0 Å². The third-order valence-corrected chi connectivity index (χ3v) is 8.29. The summed E-state index contributed by atoms with van der Waals surface area (Å²) in [5, 5.41) is 0. The van der Waals surface area contributed by atoms with Crippen molar-refractivity contribution in [2.75, 3.05) is 42.6 Å². The highest BCUT2D eigenvalue weighted by atomic mass is 32.1. The second-order valence-electron chi connectivity index (χ2n) is 9.51. The number of thiophene rings is 1. The predicted molar refractivity (Wildman–Crippen MR) is 146 cm³/mol. The van der Waals surface area contributed by atoms with Gasteiger partial charge in [0.15, 0.2) is 5.82 Å². The molecule has 0 bridgehead atoms. The molecule has 7 nitrogen and oxygen atoms in total. The predicted octanol–water partition coefficient (Wildman–Crippen LogP) is 5.13. The number of rotatable bonds is 4. The summed E-state index contributed by atoms with van der Waals surface area (Å²) in [6.07, 6.45) is 2.35. The Bertz CT molecular complexity index is 1570. The van der Waals surface area contributed by atoms with Gasteiger partial charge < -0.3 is 14.5 Å². The molecule has 2 aromatic carbocycles. The van der Waals surface area contributed by atoms with Crippen molar-refractivity contribution in [3.05, 3.63) is 70.9 Å². The second-order valence-corrected chi connectivity index (χ2v) is 10.6. The molecular formula is C28H28N6OS. The molecule has 36 heavy (non-hydrogen) atoms. The standard InChI is InChI=1S/C28H28N6OS/c1-19-29-22-9-3-5-11-25(22)34(19)28-30-23-17-21(18-33-12-6-8-20-7-2-4-10-24(20)33)36-26(23)27(31-28)32-13-15-35-16-14-32/h2-5,7,9-11,17H,6,8,12-16,18H2,1H3. The Balaban J connectivity index is 1.34. The molecule has 2 aliphatic rings. The van der Waals surface area contributed by atoms with Gasteiger partial charge in [0.1, 0.15) is 5.82 Å². The zero-order valence-corrected chi connectivity index (χ0v) is 21.2. The van der Waals surface area contributed by atoms with E-state index in [1.807, 2.05) is 36.5 Å². The van der Waals surface area contributed by atoms with Crippen LogP contribution in [0, 0.1) is 6.92 Å². The number of aryl methyl sites for hydroxylation is 2. The van der Waals surface area contributed by atoms with Gasteiger partial charge >= 0.3 is 0 Å². The number of para-hydroxylation sites is 3. The van der Waals surface area contributed by atoms with Crippen LogP contribution in [0.25, 0.3) is 27.2 Å². The number of ether oxygens (including phenoxy) is 1. The van der Waals surface area contributed by atoms with E-state index in [1.165, 1.54) is 22.5 Å². The Morgan fingerprint density at radius 2 is 1.75 bits per heavy atom. The lowest BCUT2D eigenvalue weighted by Crippen LogP contribution is -2.37. The van der Waals surface area contributed by atoms with E-state index in [0.29, 0.717) is 5.95 Å². The smallest absolute Gasteiger partial charge is 0.238 e. The number of anilines is 2. The van der Waals surface area contributed by atoms with E-state index in [4.69, 9.17) is 19.7 Å². The monoisotopic (exact) mass is 496 g/mol. The molecule has 182 valence electrons. The van der Waals surface area contributed by atoms with Crippen LogP contribution in [0.1, 0.15) is 22.7 Å². The maximum atomic E-state index is 5.65. The van der Waals surface area contributed by atoms with Crippen LogP contribution in [0.5, 0.6) is 0 Å². The Kier molecular flexibility index (Phi) is 5.36. The number of nitrogens with zero attached hydrogens (tertiary/aromatic N) is 6. The van der Waals surface area contributed by atoms with Crippen LogP contribution in [0.3, 0.4) is 0 Å². The summed E-state index contributed by atoms with van der Waals surface area (Å²) >= 11 is 1.83. The first kappa shape index (κ1) is 21.8. The molecule has 5 heterocycles. The van der Waals surface area contributed by atoms with E-state index >= 15 is 0 Å².